The summed E-state index contributed by atoms with van der Waals surface area (Å²) < 4.78 is 25.6. The van der Waals surface area contributed by atoms with Crippen molar-refractivity contribution in [3.05, 3.63) is 40.4 Å². The van der Waals surface area contributed by atoms with Crippen LogP contribution in [0.5, 0.6) is 0 Å². The van der Waals surface area contributed by atoms with Crippen LogP contribution in [-0.2, 0) is 14.8 Å². The summed E-state index contributed by atoms with van der Waals surface area (Å²) in [7, 11) is -3.67. The normalized spacial score (nSPS) is 18.5. The van der Waals surface area contributed by atoms with Crippen molar-refractivity contribution in [2.75, 3.05) is 0 Å². The van der Waals surface area contributed by atoms with Gasteiger partial charge in [-0.15, -0.1) is 0 Å². The van der Waals surface area contributed by atoms with E-state index >= 15 is 0 Å². The number of halogens is 1. The molecule has 1 aliphatic heterocycles. The molecule has 0 aliphatic carbocycles. The Balaban J connectivity index is 2.57. The predicted octanol–water partition coefficient (Wildman–Crippen LogP) is 1.25. The van der Waals surface area contributed by atoms with Crippen molar-refractivity contribution in [3.8, 4) is 0 Å². The standard InChI is InChI=1S/C9H6BrNO3S/c10-7-3-1-2-6(4-7)8-5-9(12)11-15(8,13)14/h1-5H,(H,11,12). The zero-order valence-electron chi connectivity index (χ0n) is 7.40. The molecule has 1 aliphatic rings. The first-order chi connectivity index (χ1) is 6.99. The molecule has 0 aromatic heterocycles. The van der Waals surface area contributed by atoms with Crippen molar-refractivity contribution in [1.29, 1.82) is 0 Å². The molecule has 0 radical (unpaired) electrons. The number of hydrogen-bond donors (Lipinski definition) is 1. The minimum atomic E-state index is -3.67. The largest absolute Gasteiger partial charge is 0.269 e. The third-order valence-electron chi connectivity index (χ3n) is 1.90. The highest BCUT2D eigenvalue weighted by molar-refractivity contribution is 9.10. The fourth-order valence-electron chi connectivity index (χ4n) is 1.29. The van der Waals surface area contributed by atoms with Gasteiger partial charge in [0.2, 0.25) is 0 Å². The van der Waals surface area contributed by atoms with E-state index in [1.54, 1.807) is 24.3 Å². The number of carbonyl (C=O) groups is 1. The van der Waals surface area contributed by atoms with E-state index in [9.17, 15) is 13.2 Å². The third kappa shape index (κ3) is 1.95. The molecule has 78 valence electrons. The lowest BCUT2D eigenvalue weighted by Crippen LogP contribution is -2.22. The molecule has 1 N–H and O–H groups in total. The number of rotatable bonds is 1. The highest BCUT2D eigenvalue weighted by Crippen LogP contribution is 2.25. The molecule has 1 aromatic rings. The van der Waals surface area contributed by atoms with Gasteiger partial charge in [0.05, 0.1) is 0 Å². The molecule has 1 aromatic carbocycles. The number of carbonyl (C=O) groups excluding carboxylic acids is 1. The molecule has 0 atom stereocenters. The zero-order chi connectivity index (χ0) is 11.1. The number of sulfonamides is 1. The third-order valence-corrected chi connectivity index (χ3v) is 3.79. The molecular formula is C9H6BrNO3S. The second kappa shape index (κ2) is 3.46. The Labute approximate surface area is 95.2 Å². The summed E-state index contributed by atoms with van der Waals surface area (Å²) in [5.74, 6) is -0.607. The van der Waals surface area contributed by atoms with E-state index in [4.69, 9.17) is 0 Å². The molecule has 1 heterocycles. The van der Waals surface area contributed by atoms with Gasteiger partial charge in [0.1, 0.15) is 4.91 Å². The van der Waals surface area contributed by atoms with Gasteiger partial charge in [0, 0.05) is 10.5 Å². The van der Waals surface area contributed by atoms with E-state index in [2.05, 4.69) is 15.9 Å². The molecule has 4 nitrogen and oxygen atoms in total. The Morgan fingerprint density at radius 3 is 2.53 bits per heavy atom. The molecular weight excluding hydrogens is 282 g/mol. The maximum atomic E-state index is 11.5. The van der Waals surface area contributed by atoms with Crippen LogP contribution >= 0.6 is 15.9 Å². The SMILES string of the molecule is O=C1C=C(c2cccc(Br)c2)S(=O)(=O)N1. The maximum Gasteiger partial charge on any atom is 0.265 e. The van der Waals surface area contributed by atoms with E-state index in [1.165, 1.54) is 0 Å². The zero-order valence-corrected chi connectivity index (χ0v) is 9.80. The summed E-state index contributed by atoms with van der Waals surface area (Å²) in [5.41, 5.74) is 0.489. The van der Waals surface area contributed by atoms with Crippen molar-refractivity contribution >= 4 is 36.8 Å². The average molecular weight is 288 g/mol. The van der Waals surface area contributed by atoms with Crippen LogP contribution in [0.2, 0.25) is 0 Å². The number of benzene rings is 1. The smallest absolute Gasteiger partial charge is 0.265 e. The molecule has 0 spiro atoms. The van der Waals surface area contributed by atoms with Crippen molar-refractivity contribution in [2.24, 2.45) is 0 Å². The molecule has 0 unspecified atom stereocenters. The maximum absolute atomic E-state index is 11.5. The monoisotopic (exact) mass is 287 g/mol. The second-order valence-corrected chi connectivity index (χ2v) is 5.56. The molecule has 2 rings (SSSR count). The molecule has 0 saturated carbocycles. The highest BCUT2D eigenvalue weighted by Gasteiger charge is 2.28. The van der Waals surface area contributed by atoms with E-state index in [0.29, 0.717) is 5.56 Å². The molecule has 1 amide bonds. The second-order valence-electron chi connectivity index (χ2n) is 2.99. The van der Waals surface area contributed by atoms with Crippen LogP contribution < -0.4 is 4.72 Å². The van der Waals surface area contributed by atoms with Gasteiger partial charge in [-0.1, -0.05) is 28.1 Å². The van der Waals surface area contributed by atoms with Crippen molar-refractivity contribution in [2.45, 2.75) is 0 Å². The van der Waals surface area contributed by atoms with Gasteiger partial charge in [-0.25, -0.2) is 13.1 Å². The van der Waals surface area contributed by atoms with E-state index in [0.717, 1.165) is 10.5 Å². The fourth-order valence-corrected chi connectivity index (χ4v) is 2.83. The minimum Gasteiger partial charge on any atom is -0.269 e. The molecule has 6 heteroatoms. The van der Waals surface area contributed by atoms with E-state index in [-0.39, 0.29) is 4.91 Å². The lowest BCUT2D eigenvalue weighted by atomic mass is 10.2. The van der Waals surface area contributed by atoms with Gasteiger partial charge in [-0.05, 0) is 17.7 Å². The fraction of sp³-hybridized carbons (Fsp3) is 0. The van der Waals surface area contributed by atoms with Crippen molar-refractivity contribution < 1.29 is 13.2 Å². The lowest BCUT2D eigenvalue weighted by Gasteiger charge is -2.02. The Morgan fingerprint density at radius 1 is 1.27 bits per heavy atom. The molecule has 0 bridgehead atoms. The first-order valence-corrected chi connectivity index (χ1v) is 6.31. The first-order valence-electron chi connectivity index (χ1n) is 4.03. The van der Waals surface area contributed by atoms with Crippen LogP contribution in [0.15, 0.2) is 34.8 Å². The van der Waals surface area contributed by atoms with Gasteiger partial charge >= 0.3 is 0 Å². The van der Waals surface area contributed by atoms with Gasteiger partial charge in [0.15, 0.2) is 0 Å². The molecule has 0 fully saturated rings. The van der Waals surface area contributed by atoms with Crippen LogP contribution in [0.1, 0.15) is 5.56 Å². The van der Waals surface area contributed by atoms with Crippen LogP contribution in [0.25, 0.3) is 4.91 Å². The van der Waals surface area contributed by atoms with E-state index < -0.39 is 15.9 Å². The van der Waals surface area contributed by atoms with Gasteiger partial charge < -0.3 is 0 Å². The Kier molecular flexibility index (Phi) is 2.40. The van der Waals surface area contributed by atoms with Crippen LogP contribution in [0.3, 0.4) is 0 Å². The average Bonchev–Trinajstić information content (AvgIpc) is 2.39. The summed E-state index contributed by atoms with van der Waals surface area (Å²) in [4.78, 5) is 11.0. The van der Waals surface area contributed by atoms with Gasteiger partial charge in [-0.2, -0.15) is 0 Å². The first kappa shape index (κ1) is 10.4. The quantitative estimate of drug-likeness (QED) is 0.846. The number of amides is 1. The number of hydrogen-bond acceptors (Lipinski definition) is 3. The minimum absolute atomic E-state index is 0.00815. The Bertz CT molecular complexity index is 562. The summed E-state index contributed by atoms with van der Waals surface area (Å²) in [6, 6.07) is 6.76. The molecule has 15 heavy (non-hydrogen) atoms. The van der Waals surface area contributed by atoms with Crippen molar-refractivity contribution in [1.82, 2.24) is 4.72 Å². The highest BCUT2D eigenvalue weighted by atomic mass is 79.9. The van der Waals surface area contributed by atoms with Crippen LogP contribution in [-0.4, -0.2) is 14.3 Å². The van der Waals surface area contributed by atoms with Crippen LogP contribution in [0.4, 0.5) is 0 Å². The van der Waals surface area contributed by atoms with E-state index in [1.807, 2.05) is 4.72 Å². The summed E-state index contributed by atoms with van der Waals surface area (Å²) >= 11 is 3.23. The van der Waals surface area contributed by atoms with Gasteiger partial charge in [0.25, 0.3) is 15.9 Å². The topological polar surface area (TPSA) is 63.2 Å². The molecule has 0 saturated heterocycles. The van der Waals surface area contributed by atoms with Gasteiger partial charge in [-0.3, -0.25) is 4.79 Å². The summed E-state index contributed by atoms with van der Waals surface area (Å²) in [5, 5.41) is 0. The summed E-state index contributed by atoms with van der Waals surface area (Å²) in [6.45, 7) is 0. The van der Waals surface area contributed by atoms with Crippen LogP contribution in [0, 0.1) is 0 Å². The Morgan fingerprint density at radius 2 is 2.00 bits per heavy atom. The summed E-state index contributed by atoms with van der Waals surface area (Å²) in [6.07, 6.45) is 1.08. The number of nitrogens with one attached hydrogen (secondary N) is 1. The predicted molar refractivity (Wildman–Crippen MR) is 59.2 cm³/mol. The Hall–Kier alpha value is -1.14. The lowest BCUT2D eigenvalue weighted by molar-refractivity contribution is -0.114. The van der Waals surface area contributed by atoms with Crippen molar-refractivity contribution in [3.63, 3.8) is 0 Å².